The Morgan fingerprint density at radius 2 is 2.11 bits per heavy atom. The van der Waals surface area contributed by atoms with Crippen LogP contribution < -0.4 is 15.6 Å². The third kappa shape index (κ3) is 4.04. The Morgan fingerprint density at radius 3 is 2.79 bits per heavy atom. The SMILES string of the molecule is COc1cc(-c2nc3ncc(Br)cc3c(=O)n2CC(=O)NC(C)C)ccc1F. The monoisotopic (exact) mass is 448 g/mol. The molecule has 3 aromatic rings. The van der Waals surface area contributed by atoms with Crippen LogP contribution >= 0.6 is 15.9 Å². The summed E-state index contributed by atoms with van der Waals surface area (Å²) in [6.45, 7) is 3.42. The number of benzene rings is 1. The van der Waals surface area contributed by atoms with Crippen LogP contribution in [0.15, 0.2) is 39.7 Å². The Bertz CT molecular complexity index is 1110. The first kappa shape index (κ1) is 19.9. The summed E-state index contributed by atoms with van der Waals surface area (Å²) in [7, 11) is 1.35. The molecule has 9 heteroatoms. The van der Waals surface area contributed by atoms with Gasteiger partial charge in [0, 0.05) is 22.3 Å². The van der Waals surface area contributed by atoms with E-state index in [9.17, 15) is 14.0 Å². The van der Waals surface area contributed by atoms with Gasteiger partial charge in [0.2, 0.25) is 5.91 Å². The van der Waals surface area contributed by atoms with E-state index >= 15 is 0 Å². The van der Waals surface area contributed by atoms with Gasteiger partial charge in [-0.1, -0.05) is 0 Å². The maximum Gasteiger partial charge on any atom is 0.263 e. The lowest BCUT2D eigenvalue weighted by Gasteiger charge is -2.15. The Hall–Kier alpha value is -2.81. The van der Waals surface area contributed by atoms with Crippen molar-refractivity contribution >= 4 is 32.9 Å². The van der Waals surface area contributed by atoms with Gasteiger partial charge in [0.05, 0.1) is 12.5 Å². The zero-order chi connectivity index (χ0) is 20.4. The van der Waals surface area contributed by atoms with Gasteiger partial charge in [-0.05, 0) is 54.0 Å². The van der Waals surface area contributed by atoms with E-state index in [1.165, 1.54) is 36.1 Å². The molecule has 2 aromatic heterocycles. The molecular formula is C19H18BrFN4O3. The Labute approximate surface area is 168 Å². The van der Waals surface area contributed by atoms with Gasteiger partial charge in [-0.15, -0.1) is 0 Å². The summed E-state index contributed by atoms with van der Waals surface area (Å²) in [5, 5.41) is 3.02. The molecule has 0 radical (unpaired) electrons. The molecule has 0 aliphatic carbocycles. The molecule has 0 bridgehead atoms. The summed E-state index contributed by atoms with van der Waals surface area (Å²) in [6.07, 6.45) is 1.53. The lowest BCUT2D eigenvalue weighted by Crippen LogP contribution is -2.37. The van der Waals surface area contributed by atoms with Crippen molar-refractivity contribution in [3.8, 4) is 17.1 Å². The number of fused-ring (bicyclic) bond motifs is 1. The predicted molar refractivity (Wildman–Crippen MR) is 107 cm³/mol. The first-order valence-corrected chi connectivity index (χ1v) is 9.29. The van der Waals surface area contributed by atoms with Crippen LogP contribution in [0.3, 0.4) is 0 Å². The molecule has 0 unspecified atom stereocenters. The lowest BCUT2D eigenvalue weighted by molar-refractivity contribution is -0.122. The number of halogens is 2. The van der Waals surface area contributed by atoms with Crippen LogP contribution in [0.2, 0.25) is 0 Å². The number of hydrogen-bond acceptors (Lipinski definition) is 5. The number of aromatic nitrogens is 3. The van der Waals surface area contributed by atoms with Gasteiger partial charge < -0.3 is 10.1 Å². The molecule has 0 saturated heterocycles. The van der Waals surface area contributed by atoms with Gasteiger partial charge in [-0.3, -0.25) is 14.2 Å². The largest absolute Gasteiger partial charge is 0.494 e. The van der Waals surface area contributed by atoms with Gasteiger partial charge in [0.1, 0.15) is 12.4 Å². The minimum absolute atomic E-state index is 0.00814. The van der Waals surface area contributed by atoms with E-state index in [1.54, 1.807) is 6.07 Å². The van der Waals surface area contributed by atoms with Gasteiger partial charge in [0.15, 0.2) is 17.2 Å². The van der Waals surface area contributed by atoms with Crippen molar-refractivity contribution in [1.29, 1.82) is 0 Å². The second-order valence-electron chi connectivity index (χ2n) is 6.42. The number of ether oxygens (including phenoxy) is 1. The van der Waals surface area contributed by atoms with E-state index in [-0.39, 0.29) is 41.1 Å². The minimum atomic E-state index is -0.541. The first-order chi connectivity index (χ1) is 13.3. The lowest BCUT2D eigenvalue weighted by atomic mass is 10.1. The molecule has 7 nitrogen and oxygen atoms in total. The minimum Gasteiger partial charge on any atom is -0.494 e. The van der Waals surface area contributed by atoms with Crippen molar-refractivity contribution in [2.75, 3.05) is 7.11 Å². The number of nitrogens with one attached hydrogen (secondary N) is 1. The number of hydrogen-bond donors (Lipinski definition) is 1. The van der Waals surface area contributed by atoms with Gasteiger partial charge >= 0.3 is 0 Å². The molecule has 2 heterocycles. The smallest absolute Gasteiger partial charge is 0.263 e. The fraction of sp³-hybridized carbons (Fsp3) is 0.263. The molecule has 0 atom stereocenters. The van der Waals surface area contributed by atoms with Gasteiger partial charge in [-0.25, -0.2) is 14.4 Å². The van der Waals surface area contributed by atoms with Crippen LogP contribution in [0.4, 0.5) is 4.39 Å². The summed E-state index contributed by atoms with van der Waals surface area (Å²) >= 11 is 3.29. The van der Waals surface area contributed by atoms with Crippen molar-refractivity contribution < 1.29 is 13.9 Å². The van der Waals surface area contributed by atoms with Crippen LogP contribution in [0, 0.1) is 5.82 Å². The van der Waals surface area contributed by atoms with Crippen molar-refractivity contribution in [1.82, 2.24) is 19.9 Å². The fourth-order valence-electron chi connectivity index (χ4n) is 2.76. The van der Waals surface area contributed by atoms with E-state index < -0.39 is 11.4 Å². The number of rotatable bonds is 5. The molecule has 0 aliphatic rings. The van der Waals surface area contributed by atoms with Crippen molar-refractivity contribution in [3.05, 3.63) is 51.1 Å². The van der Waals surface area contributed by atoms with E-state index in [4.69, 9.17) is 4.74 Å². The maximum absolute atomic E-state index is 13.8. The molecular weight excluding hydrogens is 431 g/mol. The number of nitrogens with zero attached hydrogens (tertiary/aromatic N) is 3. The van der Waals surface area contributed by atoms with Crippen LogP contribution in [-0.4, -0.2) is 33.6 Å². The summed E-state index contributed by atoms with van der Waals surface area (Å²) < 4.78 is 20.7. The predicted octanol–water partition coefficient (Wildman–Crippen LogP) is 2.89. The number of carbonyl (C=O) groups is 1. The highest BCUT2D eigenvalue weighted by Crippen LogP contribution is 2.26. The van der Waals surface area contributed by atoms with E-state index in [0.717, 1.165) is 0 Å². The van der Waals surface area contributed by atoms with Crippen LogP contribution in [0.25, 0.3) is 22.4 Å². The zero-order valence-corrected chi connectivity index (χ0v) is 17.1. The maximum atomic E-state index is 13.8. The van der Waals surface area contributed by atoms with E-state index in [2.05, 4.69) is 31.2 Å². The summed E-state index contributed by atoms with van der Waals surface area (Å²) in [5.41, 5.74) is 0.238. The van der Waals surface area contributed by atoms with Crippen LogP contribution in [-0.2, 0) is 11.3 Å². The van der Waals surface area contributed by atoms with Crippen molar-refractivity contribution in [2.24, 2.45) is 0 Å². The summed E-state index contributed by atoms with van der Waals surface area (Å²) in [6, 6.07) is 5.64. The highest BCUT2D eigenvalue weighted by Gasteiger charge is 2.18. The first-order valence-electron chi connectivity index (χ1n) is 8.49. The van der Waals surface area contributed by atoms with Crippen LogP contribution in [0.5, 0.6) is 5.75 Å². The van der Waals surface area contributed by atoms with Gasteiger partial charge in [0.25, 0.3) is 5.56 Å². The highest BCUT2D eigenvalue weighted by molar-refractivity contribution is 9.10. The standard InChI is InChI=1S/C19H18BrFN4O3/c1-10(2)23-16(26)9-25-18(11-4-5-14(21)15(6-11)28-3)24-17-13(19(25)27)7-12(20)8-22-17/h4-8,10H,9H2,1-3H3,(H,23,26). The summed E-state index contributed by atoms with van der Waals surface area (Å²) in [5.74, 6) is -0.671. The molecule has 1 aromatic carbocycles. The van der Waals surface area contributed by atoms with E-state index in [1.807, 2.05) is 13.8 Å². The second-order valence-corrected chi connectivity index (χ2v) is 7.34. The number of methoxy groups -OCH3 is 1. The topological polar surface area (TPSA) is 86.1 Å². The average Bonchev–Trinajstić information content (AvgIpc) is 2.64. The number of carbonyl (C=O) groups excluding carboxylic acids is 1. The van der Waals surface area contributed by atoms with Crippen molar-refractivity contribution in [3.63, 3.8) is 0 Å². The number of amides is 1. The fourth-order valence-corrected chi connectivity index (χ4v) is 3.09. The third-order valence-corrected chi connectivity index (χ3v) is 4.37. The Kier molecular flexibility index (Phi) is 5.73. The highest BCUT2D eigenvalue weighted by atomic mass is 79.9. The van der Waals surface area contributed by atoms with Crippen molar-refractivity contribution in [2.45, 2.75) is 26.4 Å². The Balaban J connectivity index is 2.24. The van der Waals surface area contributed by atoms with Gasteiger partial charge in [-0.2, -0.15) is 0 Å². The molecule has 0 spiro atoms. The molecule has 0 saturated carbocycles. The number of pyridine rings is 1. The molecule has 146 valence electrons. The molecule has 3 rings (SSSR count). The van der Waals surface area contributed by atoms with E-state index in [0.29, 0.717) is 10.0 Å². The third-order valence-electron chi connectivity index (χ3n) is 3.94. The van der Waals surface area contributed by atoms with Crippen LogP contribution in [0.1, 0.15) is 13.8 Å². The Morgan fingerprint density at radius 1 is 1.36 bits per heavy atom. The zero-order valence-electron chi connectivity index (χ0n) is 15.5. The second kappa shape index (κ2) is 8.05. The molecule has 0 aliphatic heterocycles. The molecule has 1 amide bonds. The molecule has 1 N–H and O–H groups in total. The molecule has 28 heavy (non-hydrogen) atoms. The normalized spacial score (nSPS) is 11.1. The molecule has 0 fully saturated rings. The summed E-state index contributed by atoms with van der Waals surface area (Å²) in [4.78, 5) is 34.1. The average molecular weight is 449 g/mol. The quantitative estimate of drug-likeness (QED) is 0.648.